The van der Waals surface area contributed by atoms with Crippen molar-refractivity contribution in [1.29, 1.82) is 0 Å². The van der Waals surface area contributed by atoms with Crippen LogP contribution in [0, 0.1) is 6.92 Å². The maximum absolute atomic E-state index is 6.20. The topological polar surface area (TPSA) is 45.5 Å². The summed E-state index contributed by atoms with van der Waals surface area (Å²) in [5.41, 5.74) is 5.72. The van der Waals surface area contributed by atoms with E-state index in [0.29, 0.717) is 24.9 Å². The van der Waals surface area contributed by atoms with Crippen molar-refractivity contribution in [2.75, 3.05) is 13.7 Å². The molecular weight excluding hydrogens is 460 g/mol. The second kappa shape index (κ2) is 12.5. The molecule has 3 aromatic carbocycles. The van der Waals surface area contributed by atoms with E-state index in [2.05, 4.69) is 62.2 Å². The Morgan fingerprint density at radius 3 is 2.57 bits per heavy atom. The molecular formula is C32H38N2O3. The molecule has 0 aliphatic rings. The molecule has 5 nitrogen and oxygen atoms in total. The number of hydrogen-bond acceptors (Lipinski definition) is 4. The lowest BCUT2D eigenvalue weighted by atomic mass is 10.0. The SMILES string of the molecule is C=CCc1ccc(OCc2nc3ccccc3n2CCCCOc2cc(C)ccc2C(C)C)c(OC)c1. The van der Waals surface area contributed by atoms with Crippen LogP contribution in [-0.4, -0.2) is 23.3 Å². The van der Waals surface area contributed by atoms with Crippen molar-refractivity contribution in [3.63, 3.8) is 0 Å². The molecule has 4 aromatic rings. The van der Waals surface area contributed by atoms with E-state index in [1.54, 1.807) is 7.11 Å². The van der Waals surface area contributed by atoms with Crippen LogP contribution in [-0.2, 0) is 19.6 Å². The molecule has 1 aromatic heterocycles. The fourth-order valence-corrected chi connectivity index (χ4v) is 4.55. The predicted octanol–water partition coefficient (Wildman–Crippen LogP) is 7.64. The number of aryl methyl sites for hydroxylation is 2. The van der Waals surface area contributed by atoms with Gasteiger partial charge >= 0.3 is 0 Å². The van der Waals surface area contributed by atoms with Crippen molar-refractivity contribution in [1.82, 2.24) is 9.55 Å². The molecule has 0 amide bonds. The van der Waals surface area contributed by atoms with Crippen molar-refractivity contribution >= 4 is 11.0 Å². The Bertz CT molecular complexity index is 1340. The highest BCUT2D eigenvalue weighted by Crippen LogP contribution is 2.30. The van der Waals surface area contributed by atoms with Crippen LogP contribution in [0.2, 0.25) is 0 Å². The average molecular weight is 499 g/mol. The maximum atomic E-state index is 6.20. The van der Waals surface area contributed by atoms with Gasteiger partial charge in [-0.2, -0.15) is 0 Å². The van der Waals surface area contributed by atoms with Crippen LogP contribution in [0.1, 0.15) is 55.1 Å². The summed E-state index contributed by atoms with van der Waals surface area (Å²) in [7, 11) is 1.66. The lowest BCUT2D eigenvalue weighted by Crippen LogP contribution is -2.09. The Morgan fingerprint density at radius 1 is 0.946 bits per heavy atom. The summed E-state index contributed by atoms with van der Waals surface area (Å²) in [4.78, 5) is 4.87. The molecule has 0 radical (unpaired) electrons. The first kappa shape index (κ1) is 26.3. The van der Waals surface area contributed by atoms with E-state index < -0.39 is 0 Å². The lowest BCUT2D eigenvalue weighted by Gasteiger charge is -2.15. The molecule has 0 fully saturated rings. The number of fused-ring (bicyclic) bond motifs is 1. The number of ether oxygens (including phenoxy) is 3. The molecule has 194 valence electrons. The van der Waals surface area contributed by atoms with E-state index in [1.165, 1.54) is 11.1 Å². The van der Waals surface area contributed by atoms with Gasteiger partial charge < -0.3 is 18.8 Å². The first-order chi connectivity index (χ1) is 18.0. The largest absolute Gasteiger partial charge is 0.493 e. The Labute approximate surface area is 220 Å². The van der Waals surface area contributed by atoms with Gasteiger partial charge in [0, 0.05) is 6.54 Å². The molecule has 37 heavy (non-hydrogen) atoms. The number of rotatable bonds is 13. The van der Waals surface area contributed by atoms with E-state index in [1.807, 2.05) is 36.4 Å². The van der Waals surface area contributed by atoms with Gasteiger partial charge in [0.1, 0.15) is 18.2 Å². The minimum absolute atomic E-state index is 0.364. The van der Waals surface area contributed by atoms with Crippen LogP contribution in [0.4, 0.5) is 0 Å². The van der Waals surface area contributed by atoms with Crippen LogP contribution >= 0.6 is 0 Å². The van der Waals surface area contributed by atoms with Crippen LogP contribution in [0.5, 0.6) is 17.2 Å². The Balaban J connectivity index is 1.41. The summed E-state index contributed by atoms with van der Waals surface area (Å²) in [5.74, 6) is 3.77. The lowest BCUT2D eigenvalue weighted by molar-refractivity contribution is 0.269. The summed E-state index contributed by atoms with van der Waals surface area (Å²) in [6.07, 6.45) is 4.61. The highest BCUT2D eigenvalue weighted by atomic mass is 16.5. The van der Waals surface area contributed by atoms with Gasteiger partial charge in [0.15, 0.2) is 11.5 Å². The number of methoxy groups -OCH3 is 1. The number of benzene rings is 3. The third-order valence-electron chi connectivity index (χ3n) is 6.52. The smallest absolute Gasteiger partial charge is 0.161 e. The summed E-state index contributed by atoms with van der Waals surface area (Å²) >= 11 is 0. The molecule has 0 aliphatic heterocycles. The second-order valence-electron chi connectivity index (χ2n) is 9.69. The summed E-state index contributed by atoms with van der Waals surface area (Å²) in [6, 6.07) is 20.7. The quantitative estimate of drug-likeness (QED) is 0.140. The third-order valence-corrected chi connectivity index (χ3v) is 6.52. The van der Waals surface area contributed by atoms with Crippen LogP contribution in [0.3, 0.4) is 0 Å². The Hall–Kier alpha value is -3.73. The molecule has 0 atom stereocenters. The van der Waals surface area contributed by atoms with E-state index in [0.717, 1.165) is 59.7 Å². The minimum atomic E-state index is 0.364. The van der Waals surface area contributed by atoms with Gasteiger partial charge in [-0.25, -0.2) is 4.98 Å². The van der Waals surface area contributed by atoms with Gasteiger partial charge in [-0.15, -0.1) is 6.58 Å². The molecule has 0 unspecified atom stereocenters. The van der Waals surface area contributed by atoms with Gasteiger partial charge in [-0.05, 0) is 79.1 Å². The molecule has 0 N–H and O–H groups in total. The van der Waals surface area contributed by atoms with Gasteiger partial charge in [0.2, 0.25) is 0 Å². The molecule has 4 rings (SSSR count). The van der Waals surface area contributed by atoms with Crippen LogP contribution < -0.4 is 14.2 Å². The molecule has 5 heteroatoms. The average Bonchev–Trinajstić information content (AvgIpc) is 3.25. The highest BCUT2D eigenvalue weighted by Gasteiger charge is 2.13. The maximum Gasteiger partial charge on any atom is 0.161 e. The molecule has 0 saturated heterocycles. The Kier molecular flexibility index (Phi) is 8.89. The second-order valence-corrected chi connectivity index (χ2v) is 9.69. The van der Waals surface area contributed by atoms with Crippen LogP contribution in [0.25, 0.3) is 11.0 Å². The fourth-order valence-electron chi connectivity index (χ4n) is 4.55. The number of imidazole rings is 1. The normalized spacial score (nSPS) is 11.2. The number of para-hydroxylation sites is 2. The van der Waals surface area contributed by atoms with Crippen molar-refractivity contribution < 1.29 is 14.2 Å². The van der Waals surface area contributed by atoms with E-state index in [-0.39, 0.29) is 0 Å². The summed E-state index contributed by atoms with van der Waals surface area (Å²) in [6.45, 7) is 12.2. The minimum Gasteiger partial charge on any atom is -0.493 e. The molecule has 0 saturated carbocycles. The zero-order chi connectivity index (χ0) is 26.2. The van der Waals surface area contributed by atoms with Gasteiger partial charge in [0.25, 0.3) is 0 Å². The summed E-state index contributed by atoms with van der Waals surface area (Å²) < 4.78 is 20.2. The number of hydrogen-bond donors (Lipinski definition) is 0. The zero-order valence-corrected chi connectivity index (χ0v) is 22.5. The predicted molar refractivity (Wildman–Crippen MR) is 151 cm³/mol. The van der Waals surface area contributed by atoms with Gasteiger partial charge in [-0.1, -0.05) is 50.3 Å². The first-order valence-electron chi connectivity index (χ1n) is 13.1. The van der Waals surface area contributed by atoms with Gasteiger partial charge in [0.05, 0.1) is 24.8 Å². The molecule has 0 spiro atoms. The number of nitrogens with zero attached hydrogens (tertiary/aromatic N) is 2. The van der Waals surface area contributed by atoms with Gasteiger partial charge in [-0.3, -0.25) is 0 Å². The van der Waals surface area contributed by atoms with Crippen molar-refractivity contribution in [3.05, 3.63) is 95.8 Å². The van der Waals surface area contributed by atoms with E-state index in [4.69, 9.17) is 19.2 Å². The van der Waals surface area contributed by atoms with Crippen molar-refractivity contribution in [3.8, 4) is 17.2 Å². The molecule has 0 aliphatic carbocycles. The highest BCUT2D eigenvalue weighted by molar-refractivity contribution is 5.75. The van der Waals surface area contributed by atoms with Crippen LogP contribution in [0.15, 0.2) is 73.3 Å². The fraction of sp³-hybridized carbons (Fsp3) is 0.344. The number of aromatic nitrogens is 2. The molecule has 1 heterocycles. The standard InChI is InChI=1S/C32H38N2O3/c1-6-11-25-15-17-29(31(21-25)35-5)37-22-32-33-27-12-7-8-13-28(27)34(32)18-9-10-19-36-30-20-24(4)14-16-26(30)23(2)3/h6-8,12-17,20-21,23H,1,9-11,18-19,22H2,2-5H3. The van der Waals surface area contributed by atoms with E-state index >= 15 is 0 Å². The van der Waals surface area contributed by atoms with E-state index in [9.17, 15) is 0 Å². The Morgan fingerprint density at radius 2 is 1.78 bits per heavy atom. The third kappa shape index (κ3) is 6.53. The monoisotopic (exact) mass is 498 g/mol. The zero-order valence-electron chi connectivity index (χ0n) is 22.5. The number of unbranched alkanes of at least 4 members (excludes halogenated alkanes) is 1. The molecule has 0 bridgehead atoms. The summed E-state index contributed by atoms with van der Waals surface area (Å²) in [5, 5.41) is 0. The van der Waals surface area contributed by atoms with Crippen molar-refractivity contribution in [2.24, 2.45) is 0 Å². The van der Waals surface area contributed by atoms with Crippen molar-refractivity contribution in [2.45, 2.75) is 59.1 Å². The first-order valence-corrected chi connectivity index (χ1v) is 13.1. The number of allylic oxidation sites excluding steroid dienone is 1.